The number of hydrogen-bond donors (Lipinski definition) is 2. The van der Waals surface area contributed by atoms with Gasteiger partial charge in [0.2, 0.25) is 0 Å². The van der Waals surface area contributed by atoms with Crippen LogP contribution in [-0.2, 0) is 4.79 Å². The molecule has 0 heterocycles. The van der Waals surface area contributed by atoms with Crippen molar-refractivity contribution in [3.05, 3.63) is 23.8 Å². The van der Waals surface area contributed by atoms with Crippen molar-refractivity contribution in [3.63, 3.8) is 0 Å². The predicted molar refractivity (Wildman–Crippen MR) is 61.1 cm³/mol. The molecule has 0 aliphatic heterocycles. The number of phenolic OH excluding ortho intramolecular Hbond substituents is 1. The highest BCUT2D eigenvalue weighted by Gasteiger charge is 2.00. The molecule has 1 rings (SSSR count). The number of carbonyl (C=O) groups excluding carboxylic acids is 1. The maximum Gasteiger partial charge on any atom is 0.254 e. The lowest BCUT2D eigenvalue weighted by molar-refractivity contribution is -0.118. The Balaban J connectivity index is 2.70. The van der Waals surface area contributed by atoms with Gasteiger partial charge in [-0.25, -0.2) is 5.43 Å². The summed E-state index contributed by atoms with van der Waals surface area (Å²) in [5.74, 6) is -0.142. The highest BCUT2D eigenvalue weighted by atomic mass is 35.5. The van der Waals surface area contributed by atoms with Gasteiger partial charge in [-0.2, -0.15) is 5.10 Å². The first-order valence-electron chi connectivity index (χ1n) is 4.42. The number of halogens is 1. The standard InChI is InChI=1S/C10H11ClN2O3/c1-16-9-4-7(2-3-8(9)14)6-12-13-10(15)5-11/h2-4,6,14H,5H2,1H3,(H,13,15). The van der Waals surface area contributed by atoms with Gasteiger partial charge in [-0.05, 0) is 23.8 Å². The van der Waals surface area contributed by atoms with E-state index in [1.165, 1.54) is 19.4 Å². The number of nitrogens with zero attached hydrogens (tertiary/aromatic N) is 1. The third kappa shape index (κ3) is 3.43. The molecule has 0 saturated carbocycles. The Labute approximate surface area is 97.7 Å². The van der Waals surface area contributed by atoms with Gasteiger partial charge in [-0.1, -0.05) is 0 Å². The molecule has 0 bridgehead atoms. The van der Waals surface area contributed by atoms with Gasteiger partial charge in [0.05, 0.1) is 13.3 Å². The zero-order valence-electron chi connectivity index (χ0n) is 8.61. The summed E-state index contributed by atoms with van der Waals surface area (Å²) in [5.41, 5.74) is 2.91. The number of rotatable bonds is 4. The number of hydrogen-bond acceptors (Lipinski definition) is 4. The fourth-order valence-corrected chi connectivity index (χ4v) is 1.04. The number of aromatic hydroxyl groups is 1. The van der Waals surface area contributed by atoms with E-state index in [1.54, 1.807) is 12.1 Å². The lowest BCUT2D eigenvalue weighted by Gasteiger charge is -2.03. The smallest absolute Gasteiger partial charge is 0.254 e. The molecule has 86 valence electrons. The summed E-state index contributed by atoms with van der Waals surface area (Å²) >= 11 is 5.26. The monoisotopic (exact) mass is 242 g/mol. The Kier molecular flexibility index (Phi) is 4.60. The number of methoxy groups -OCH3 is 1. The van der Waals surface area contributed by atoms with Crippen molar-refractivity contribution in [2.24, 2.45) is 5.10 Å². The Bertz CT molecular complexity index is 407. The van der Waals surface area contributed by atoms with E-state index in [4.69, 9.17) is 16.3 Å². The fourth-order valence-electron chi connectivity index (χ4n) is 0.983. The summed E-state index contributed by atoms with van der Waals surface area (Å²) < 4.78 is 4.91. The minimum absolute atomic E-state index is 0.0458. The number of ether oxygens (including phenoxy) is 1. The molecule has 0 aromatic heterocycles. The SMILES string of the molecule is COc1cc(C=NNC(=O)CCl)ccc1O. The predicted octanol–water partition coefficient (Wildman–Crippen LogP) is 1.09. The van der Waals surface area contributed by atoms with E-state index in [1.807, 2.05) is 0 Å². The van der Waals surface area contributed by atoms with Gasteiger partial charge in [0.25, 0.3) is 5.91 Å². The van der Waals surface area contributed by atoms with E-state index >= 15 is 0 Å². The summed E-state index contributed by atoms with van der Waals surface area (Å²) in [5, 5.41) is 13.0. The topological polar surface area (TPSA) is 70.9 Å². The van der Waals surface area contributed by atoms with Crippen LogP contribution in [0, 0.1) is 0 Å². The van der Waals surface area contributed by atoms with Crippen molar-refractivity contribution < 1.29 is 14.6 Å². The van der Waals surface area contributed by atoms with E-state index in [0.29, 0.717) is 11.3 Å². The van der Waals surface area contributed by atoms with Gasteiger partial charge < -0.3 is 9.84 Å². The molecule has 1 aromatic carbocycles. The summed E-state index contributed by atoms with van der Waals surface area (Å²) in [6.45, 7) is 0. The molecule has 5 nitrogen and oxygen atoms in total. The minimum atomic E-state index is -0.385. The molecule has 1 aromatic rings. The van der Waals surface area contributed by atoms with Crippen molar-refractivity contribution in [3.8, 4) is 11.5 Å². The highest BCUT2D eigenvalue weighted by Crippen LogP contribution is 2.25. The normalized spacial score (nSPS) is 10.4. The van der Waals surface area contributed by atoms with Gasteiger partial charge in [0.15, 0.2) is 11.5 Å². The van der Waals surface area contributed by atoms with Crippen molar-refractivity contribution in [1.29, 1.82) is 0 Å². The lowest BCUT2D eigenvalue weighted by atomic mass is 10.2. The number of carbonyl (C=O) groups is 1. The average Bonchev–Trinajstić information content (AvgIpc) is 2.31. The third-order valence-electron chi connectivity index (χ3n) is 1.73. The Morgan fingerprint density at radius 3 is 3.06 bits per heavy atom. The largest absolute Gasteiger partial charge is 0.504 e. The van der Waals surface area contributed by atoms with Crippen LogP contribution in [0.3, 0.4) is 0 Å². The second kappa shape index (κ2) is 5.97. The zero-order chi connectivity index (χ0) is 12.0. The van der Waals surface area contributed by atoms with E-state index in [9.17, 15) is 9.90 Å². The summed E-state index contributed by atoms with van der Waals surface area (Å²) in [7, 11) is 1.45. The number of hydrazone groups is 1. The molecule has 0 fully saturated rings. The summed E-state index contributed by atoms with van der Waals surface area (Å²) in [4.78, 5) is 10.8. The molecule has 1 amide bonds. The molecule has 6 heteroatoms. The molecule has 0 aliphatic rings. The van der Waals surface area contributed by atoms with Crippen LogP contribution in [0.25, 0.3) is 0 Å². The maximum absolute atomic E-state index is 10.8. The Morgan fingerprint density at radius 2 is 2.44 bits per heavy atom. The van der Waals surface area contributed by atoms with Crippen LogP contribution in [0.5, 0.6) is 11.5 Å². The zero-order valence-corrected chi connectivity index (χ0v) is 9.36. The minimum Gasteiger partial charge on any atom is -0.504 e. The average molecular weight is 243 g/mol. The summed E-state index contributed by atoms with van der Waals surface area (Å²) in [6, 6.07) is 4.70. The quantitative estimate of drug-likeness (QED) is 0.472. The molecular weight excluding hydrogens is 232 g/mol. The van der Waals surface area contributed by atoms with Gasteiger partial charge in [0.1, 0.15) is 5.88 Å². The van der Waals surface area contributed by atoms with Crippen LogP contribution in [0.2, 0.25) is 0 Å². The van der Waals surface area contributed by atoms with Crippen molar-refractivity contribution in [2.45, 2.75) is 0 Å². The van der Waals surface area contributed by atoms with Crippen molar-refractivity contribution in [2.75, 3.05) is 13.0 Å². The van der Waals surface area contributed by atoms with Gasteiger partial charge in [0, 0.05) is 0 Å². The highest BCUT2D eigenvalue weighted by molar-refractivity contribution is 6.27. The van der Waals surface area contributed by atoms with Gasteiger partial charge in [-0.15, -0.1) is 11.6 Å². The van der Waals surface area contributed by atoms with Crippen LogP contribution in [0.15, 0.2) is 23.3 Å². The first kappa shape index (κ1) is 12.3. The Hall–Kier alpha value is -1.75. The van der Waals surface area contributed by atoms with Crippen LogP contribution in [-0.4, -0.2) is 30.2 Å². The van der Waals surface area contributed by atoms with Crippen LogP contribution >= 0.6 is 11.6 Å². The molecule has 0 unspecified atom stereocenters. The molecule has 2 N–H and O–H groups in total. The van der Waals surface area contributed by atoms with Crippen LogP contribution < -0.4 is 10.2 Å². The van der Waals surface area contributed by atoms with Gasteiger partial charge in [-0.3, -0.25) is 4.79 Å². The van der Waals surface area contributed by atoms with Crippen molar-refractivity contribution >= 4 is 23.7 Å². The molecule has 16 heavy (non-hydrogen) atoms. The maximum atomic E-state index is 10.8. The molecule has 0 aliphatic carbocycles. The number of alkyl halides is 1. The molecule has 0 saturated heterocycles. The number of benzene rings is 1. The van der Waals surface area contributed by atoms with Crippen LogP contribution in [0.1, 0.15) is 5.56 Å². The molecule has 0 radical (unpaired) electrons. The number of amides is 1. The second-order valence-corrected chi connectivity index (χ2v) is 3.13. The molecule has 0 spiro atoms. The second-order valence-electron chi connectivity index (χ2n) is 2.86. The van der Waals surface area contributed by atoms with Crippen LogP contribution in [0.4, 0.5) is 0 Å². The first-order valence-corrected chi connectivity index (χ1v) is 4.95. The Morgan fingerprint density at radius 1 is 1.69 bits per heavy atom. The lowest BCUT2D eigenvalue weighted by Crippen LogP contribution is -2.18. The van der Waals surface area contributed by atoms with E-state index in [-0.39, 0.29) is 17.5 Å². The van der Waals surface area contributed by atoms with E-state index < -0.39 is 0 Å². The first-order chi connectivity index (χ1) is 7.67. The molecular formula is C10H11ClN2O3. The fraction of sp³-hybridized carbons (Fsp3) is 0.200. The number of nitrogens with one attached hydrogen (secondary N) is 1. The van der Waals surface area contributed by atoms with Gasteiger partial charge >= 0.3 is 0 Å². The van der Waals surface area contributed by atoms with E-state index in [0.717, 1.165) is 0 Å². The summed E-state index contributed by atoms with van der Waals surface area (Å²) in [6.07, 6.45) is 1.42. The number of phenols is 1. The third-order valence-corrected chi connectivity index (χ3v) is 1.97. The molecule has 0 atom stereocenters. The van der Waals surface area contributed by atoms with E-state index in [2.05, 4.69) is 10.5 Å². The van der Waals surface area contributed by atoms with Crippen molar-refractivity contribution in [1.82, 2.24) is 5.43 Å².